The molecule has 0 aromatic carbocycles. The van der Waals surface area contributed by atoms with E-state index in [1.807, 2.05) is 19.2 Å². The fraction of sp³-hybridized carbons (Fsp3) is 0.333. The van der Waals surface area contributed by atoms with Gasteiger partial charge in [0.15, 0.2) is 0 Å². The quantitative estimate of drug-likeness (QED) is 0.847. The Labute approximate surface area is 127 Å². The van der Waals surface area contributed by atoms with E-state index in [9.17, 15) is 4.79 Å². The van der Waals surface area contributed by atoms with Crippen LogP contribution < -0.4 is 5.32 Å². The first kappa shape index (κ1) is 15.3. The molecule has 2 heterocycles. The largest absolute Gasteiger partial charge is 0.395 e. The molecule has 0 unspecified atom stereocenters. The Bertz CT molecular complexity index is 672. The number of amides is 1. The van der Waals surface area contributed by atoms with Crippen LogP contribution in [0, 0.1) is 25.7 Å². The van der Waals surface area contributed by atoms with Gasteiger partial charge in [0.1, 0.15) is 10.6 Å². The molecule has 2 aromatic heterocycles. The summed E-state index contributed by atoms with van der Waals surface area (Å²) in [6.45, 7) is 4.06. The second kappa shape index (κ2) is 7.07. The lowest BCUT2D eigenvalue weighted by molar-refractivity contribution is 0.0954. The van der Waals surface area contributed by atoms with Crippen LogP contribution in [0.1, 0.15) is 38.7 Å². The molecular weight excluding hydrogens is 288 g/mol. The average molecular weight is 304 g/mol. The molecule has 0 atom stereocenters. The lowest BCUT2D eigenvalue weighted by Crippen LogP contribution is -2.23. The minimum atomic E-state index is -0.168. The standard InChI is InChI=1S/C15H16N2O3S/c1-10-13(11(2)20-17-10)9-16-15(19)14-12(6-8-21-14)5-3-4-7-18/h6,8,18H,4,7,9H2,1-2H3,(H,16,19). The van der Waals surface area contributed by atoms with Gasteiger partial charge in [-0.3, -0.25) is 4.79 Å². The summed E-state index contributed by atoms with van der Waals surface area (Å²) in [5.74, 6) is 6.26. The van der Waals surface area contributed by atoms with Crippen molar-refractivity contribution in [3.05, 3.63) is 38.9 Å². The normalized spacial score (nSPS) is 10.0. The molecule has 5 nitrogen and oxygen atoms in total. The maximum atomic E-state index is 12.2. The lowest BCUT2D eigenvalue weighted by atomic mass is 10.2. The number of aliphatic hydroxyl groups excluding tert-OH is 1. The van der Waals surface area contributed by atoms with Crippen molar-refractivity contribution in [2.24, 2.45) is 0 Å². The van der Waals surface area contributed by atoms with Crippen LogP contribution in [0.5, 0.6) is 0 Å². The molecule has 0 aliphatic rings. The molecule has 21 heavy (non-hydrogen) atoms. The molecule has 0 aliphatic carbocycles. The second-order valence-electron chi connectivity index (χ2n) is 4.42. The van der Waals surface area contributed by atoms with E-state index < -0.39 is 0 Å². The molecule has 0 aliphatic heterocycles. The van der Waals surface area contributed by atoms with Gasteiger partial charge in [0.2, 0.25) is 0 Å². The minimum absolute atomic E-state index is 0.0186. The van der Waals surface area contributed by atoms with Crippen molar-refractivity contribution in [1.29, 1.82) is 0 Å². The monoisotopic (exact) mass is 304 g/mol. The highest BCUT2D eigenvalue weighted by atomic mass is 32.1. The Balaban J connectivity index is 2.05. The van der Waals surface area contributed by atoms with E-state index in [1.54, 1.807) is 6.07 Å². The van der Waals surface area contributed by atoms with Gasteiger partial charge >= 0.3 is 0 Å². The molecular formula is C15H16N2O3S. The molecule has 0 bridgehead atoms. The second-order valence-corrected chi connectivity index (χ2v) is 5.34. The highest BCUT2D eigenvalue weighted by Crippen LogP contribution is 2.17. The summed E-state index contributed by atoms with van der Waals surface area (Å²) in [7, 11) is 0. The van der Waals surface area contributed by atoms with Gasteiger partial charge in [0.25, 0.3) is 5.91 Å². The molecule has 0 saturated heterocycles. The van der Waals surface area contributed by atoms with Gasteiger partial charge in [-0.1, -0.05) is 17.0 Å². The Morgan fingerprint density at radius 3 is 3.00 bits per heavy atom. The zero-order valence-corrected chi connectivity index (χ0v) is 12.7. The van der Waals surface area contributed by atoms with Crippen molar-refractivity contribution >= 4 is 17.2 Å². The van der Waals surface area contributed by atoms with Gasteiger partial charge in [-0.2, -0.15) is 0 Å². The summed E-state index contributed by atoms with van der Waals surface area (Å²) < 4.78 is 5.06. The summed E-state index contributed by atoms with van der Waals surface area (Å²) in [6.07, 6.45) is 0.399. The van der Waals surface area contributed by atoms with Crippen LogP contribution in [0.15, 0.2) is 16.0 Å². The first-order valence-corrected chi connectivity index (χ1v) is 7.38. The van der Waals surface area contributed by atoms with Gasteiger partial charge < -0.3 is 14.9 Å². The summed E-state index contributed by atoms with van der Waals surface area (Å²) >= 11 is 1.35. The minimum Gasteiger partial charge on any atom is -0.395 e. The van der Waals surface area contributed by atoms with Crippen molar-refractivity contribution < 1.29 is 14.4 Å². The third-order valence-electron chi connectivity index (χ3n) is 2.94. The molecule has 6 heteroatoms. The highest BCUT2D eigenvalue weighted by Gasteiger charge is 2.14. The van der Waals surface area contributed by atoms with Gasteiger partial charge in [0, 0.05) is 24.1 Å². The SMILES string of the molecule is Cc1noc(C)c1CNC(=O)c1sccc1C#CCCO. The Kier molecular flexibility index (Phi) is 5.14. The fourth-order valence-corrected chi connectivity index (χ4v) is 2.57. The average Bonchev–Trinajstić information content (AvgIpc) is 3.05. The summed E-state index contributed by atoms with van der Waals surface area (Å²) in [4.78, 5) is 12.8. The van der Waals surface area contributed by atoms with Crippen molar-refractivity contribution in [1.82, 2.24) is 10.5 Å². The van der Waals surface area contributed by atoms with Gasteiger partial charge in [-0.25, -0.2) is 0 Å². The van der Waals surface area contributed by atoms with E-state index in [-0.39, 0.29) is 12.5 Å². The van der Waals surface area contributed by atoms with Crippen molar-refractivity contribution in [2.45, 2.75) is 26.8 Å². The van der Waals surface area contributed by atoms with Gasteiger partial charge in [0.05, 0.1) is 12.3 Å². The van der Waals surface area contributed by atoms with Gasteiger partial charge in [-0.05, 0) is 25.3 Å². The number of thiophene rings is 1. The molecule has 2 N–H and O–H groups in total. The number of hydrogen-bond donors (Lipinski definition) is 2. The van der Waals surface area contributed by atoms with Crippen molar-refractivity contribution in [2.75, 3.05) is 6.61 Å². The molecule has 0 radical (unpaired) electrons. The van der Waals surface area contributed by atoms with E-state index in [2.05, 4.69) is 22.3 Å². The van der Waals surface area contributed by atoms with Crippen LogP contribution in [0.2, 0.25) is 0 Å². The lowest BCUT2D eigenvalue weighted by Gasteiger charge is -2.03. The number of nitrogens with one attached hydrogen (secondary N) is 1. The third-order valence-corrected chi connectivity index (χ3v) is 3.85. The predicted octanol–water partition coefficient (Wildman–Crippen LogP) is 2.02. The zero-order chi connectivity index (χ0) is 15.2. The molecule has 2 rings (SSSR count). The van der Waals surface area contributed by atoms with Crippen LogP contribution in [0.3, 0.4) is 0 Å². The molecule has 0 saturated carbocycles. The number of aliphatic hydroxyl groups is 1. The number of nitrogens with zero attached hydrogens (tertiary/aromatic N) is 1. The number of carbonyl (C=O) groups is 1. The topological polar surface area (TPSA) is 75.4 Å². The smallest absolute Gasteiger partial charge is 0.262 e. The first-order chi connectivity index (χ1) is 10.1. The molecule has 110 valence electrons. The Morgan fingerprint density at radius 1 is 1.52 bits per heavy atom. The third kappa shape index (κ3) is 3.72. The van der Waals surface area contributed by atoms with Crippen molar-refractivity contribution in [3.8, 4) is 11.8 Å². The summed E-state index contributed by atoms with van der Waals surface area (Å²) in [5.41, 5.74) is 2.36. The molecule has 0 spiro atoms. The van der Waals surface area contributed by atoms with Crippen LogP contribution in [0.25, 0.3) is 0 Å². The van der Waals surface area contributed by atoms with Gasteiger partial charge in [-0.15, -0.1) is 11.3 Å². The first-order valence-electron chi connectivity index (χ1n) is 6.50. The molecule has 0 fully saturated rings. The van der Waals surface area contributed by atoms with E-state index >= 15 is 0 Å². The summed E-state index contributed by atoms with van der Waals surface area (Å²) in [6, 6.07) is 1.81. The highest BCUT2D eigenvalue weighted by molar-refractivity contribution is 7.12. The van der Waals surface area contributed by atoms with Crippen LogP contribution in [0.4, 0.5) is 0 Å². The Hall–Kier alpha value is -2.10. The maximum Gasteiger partial charge on any atom is 0.262 e. The van der Waals surface area contributed by atoms with E-state index in [1.165, 1.54) is 11.3 Å². The molecule has 1 amide bonds. The van der Waals surface area contributed by atoms with Crippen LogP contribution in [-0.2, 0) is 6.54 Å². The van der Waals surface area contributed by atoms with Crippen LogP contribution in [-0.4, -0.2) is 22.8 Å². The zero-order valence-electron chi connectivity index (χ0n) is 11.9. The number of aromatic nitrogens is 1. The summed E-state index contributed by atoms with van der Waals surface area (Å²) in [5, 5.41) is 17.3. The number of rotatable bonds is 4. The van der Waals surface area contributed by atoms with E-state index in [0.29, 0.717) is 29.2 Å². The maximum absolute atomic E-state index is 12.2. The van der Waals surface area contributed by atoms with E-state index in [0.717, 1.165) is 11.3 Å². The Morgan fingerprint density at radius 2 is 2.33 bits per heavy atom. The fourth-order valence-electron chi connectivity index (χ4n) is 1.80. The molecule has 2 aromatic rings. The van der Waals surface area contributed by atoms with Crippen LogP contribution >= 0.6 is 11.3 Å². The number of aryl methyl sites for hydroxylation is 2. The van der Waals surface area contributed by atoms with Crippen molar-refractivity contribution in [3.63, 3.8) is 0 Å². The van der Waals surface area contributed by atoms with E-state index in [4.69, 9.17) is 9.63 Å². The number of hydrogen-bond acceptors (Lipinski definition) is 5. The number of carbonyl (C=O) groups excluding carboxylic acids is 1. The predicted molar refractivity (Wildman–Crippen MR) is 80.0 cm³/mol.